The van der Waals surface area contributed by atoms with Gasteiger partial charge in [-0.3, -0.25) is 9.59 Å². The first-order valence-corrected chi connectivity index (χ1v) is 9.86. The summed E-state index contributed by atoms with van der Waals surface area (Å²) in [5, 5.41) is 0. The van der Waals surface area contributed by atoms with Crippen LogP contribution in [0.5, 0.6) is 0 Å². The van der Waals surface area contributed by atoms with Crippen molar-refractivity contribution in [3.8, 4) is 0 Å². The van der Waals surface area contributed by atoms with Gasteiger partial charge in [0.15, 0.2) is 0 Å². The second-order valence-electron chi connectivity index (χ2n) is 7.97. The average molecular weight is 378 g/mol. The fourth-order valence-electron chi connectivity index (χ4n) is 4.37. The minimum Gasteiger partial charge on any atom is -0.369 e. The molecular formula is C22H26N4O2. The van der Waals surface area contributed by atoms with E-state index in [0.717, 1.165) is 30.8 Å². The highest BCUT2D eigenvalue weighted by Gasteiger charge is 2.50. The molecule has 6 nitrogen and oxygen atoms in total. The van der Waals surface area contributed by atoms with Crippen LogP contribution in [-0.4, -0.2) is 47.9 Å². The van der Waals surface area contributed by atoms with Gasteiger partial charge in [-0.1, -0.05) is 36.4 Å². The van der Waals surface area contributed by atoms with Crippen molar-refractivity contribution in [3.63, 3.8) is 0 Å². The summed E-state index contributed by atoms with van der Waals surface area (Å²) in [5.41, 5.74) is 6.16. The molecule has 2 aromatic rings. The van der Waals surface area contributed by atoms with Gasteiger partial charge in [-0.15, -0.1) is 0 Å². The van der Waals surface area contributed by atoms with Crippen LogP contribution in [0.15, 0.2) is 54.7 Å². The number of amides is 2. The summed E-state index contributed by atoms with van der Waals surface area (Å²) < 4.78 is 0. The van der Waals surface area contributed by atoms with Crippen LogP contribution >= 0.6 is 0 Å². The smallest absolute Gasteiger partial charge is 0.227 e. The molecule has 6 heteroatoms. The fourth-order valence-corrected chi connectivity index (χ4v) is 4.37. The Kier molecular flexibility index (Phi) is 5.03. The first-order valence-electron chi connectivity index (χ1n) is 9.86. The van der Waals surface area contributed by atoms with E-state index in [4.69, 9.17) is 5.73 Å². The number of pyridine rings is 1. The predicted octanol–water partition coefficient (Wildman–Crippen LogP) is 1.85. The van der Waals surface area contributed by atoms with Crippen molar-refractivity contribution >= 4 is 17.6 Å². The van der Waals surface area contributed by atoms with E-state index >= 15 is 0 Å². The van der Waals surface area contributed by atoms with Crippen molar-refractivity contribution in [2.24, 2.45) is 17.1 Å². The molecule has 4 rings (SSSR count). The molecule has 3 heterocycles. The van der Waals surface area contributed by atoms with Crippen molar-refractivity contribution in [1.29, 1.82) is 0 Å². The second-order valence-corrected chi connectivity index (χ2v) is 7.97. The third kappa shape index (κ3) is 3.59. The molecule has 1 aromatic heterocycles. The first kappa shape index (κ1) is 18.5. The van der Waals surface area contributed by atoms with Crippen molar-refractivity contribution in [2.75, 3.05) is 31.1 Å². The highest BCUT2D eigenvalue weighted by atomic mass is 16.2. The number of hydrogen-bond acceptors (Lipinski definition) is 4. The minimum absolute atomic E-state index is 0.0571. The molecule has 0 saturated carbocycles. The minimum atomic E-state index is -0.646. The summed E-state index contributed by atoms with van der Waals surface area (Å²) in [6, 6.07) is 15.7. The highest BCUT2D eigenvalue weighted by Crippen LogP contribution is 2.36. The summed E-state index contributed by atoms with van der Waals surface area (Å²) in [5.74, 6) is 0.669. The van der Waals surface area contributed by atoms with Gasteiger partial charge >= 0.3 is 0 Å². The van der Waals surface area contributed by atoms with Crippen LogP contribution in [0.1, 0.15) is 18.4 Å². The molecular weight excluding hydrogens is 352 g/mol. The van der Waals surface area contributed by atoms with Crippen LogP contribution in [0.3, 0.4) is 0 Å². The quantitative estimate of drug-likeness (QED) is 0.861. The molecule has 2 saturated heterocycles. The lowest BCUT2D eigenvalue weighted by Crippen LogP contribution is -2.66. The molecule has 146 valence electrons. The van der Waals surface area contributed by atoms with Gasteiger partial charge in [-0.05, 0) is 37.0 Å². The summed E-state index contributed by atoms with van der Waals surface area (Å²) >= 11 is 0. The Balaban J connectivity index is 1.40. The van der Waals surface area contributed by atoms with Crippen LogP contribution in [0.2, 0.25) is 0 Å². The highest BCUT2D eigenvalue weighted by molar-refractivity contribution is 5.88. The molecule has 1 atom stereocenters. The maximum absolute atomic E-state index is 13.0. The lowest BCUT2D eigenvalue weighted by molar-refractivity contribution is -0.155. The number of anilines is 1. The van der Waals surface area contributed by atoms with Crippen molar-refractivity contribution in [2.45, 2.75) is 19.3 Å². The van der Waals surface area contributed by atoms with Crippen LogP contribution in [-0.2, 0) is 16.0 Å². The number of primary amides is 1. The molecule has 1 unspecified atom stereocenters. The molecule has 0 radical (unpaired) electrons. The summed E-state index contributed by atoms with van der Waals surface area (Å²) in [7, 11) is 0. The molecule has 28 heavy (non-hydrogen) atoms. The third-order valence-corrected chi connectivity index (χ3v) is 5.95. The predicted molar refractivity (Wildman–Crippen MR) is 108 cm³/mol. The van der Waals surface area contributed by atoms with Gasteiger partial charge in [-0.2, -0.15) is 0 Å². The number of aromatic nitrogens is 1. The number of nitrogens with two attached hydrogens (primary N) is 1. The zero-order chi connectivity index (χ0) is 19.6. The largest absolute Gasteiger partial charge is 0.369 e. The van der Waals surface area contributed by atoms with Gasteiger partial charge in [0.05, 0.1) is 11.3 Å². The van der Waals surface area contributed by atoms with Gasteiger partial charge in [0.1, 0.15) is 5.82 Å². The molecule has 2 fully saturated rings. The Morgan fingerprint density at radius 3 is 2.54 bits per heavy atom. The lowest BCUT2D eigenvalue weighted by Gasteiger charge is -2.50. The van der Waals surface area contributed by atoms with Crippen LogP contribution in [0.25, 0.3) is 0 Å². The van der Waals surface area contributed by atoms with Gasteiger partial charge < -0.3 is 15.5 Å². The first-order chi connectivity index (χ1) is 13.6. The zero-order valence-corrected chi connectivity index (χ0v) is 16.0. The standard InChI is InChI=1S/C22H26N4O2/c23-21(28)22(13-17-7-2-1-3-8-17)15-26(16-22)20(27)18-9-6-12-25(14-18)19-10-4-5-11-24-19/h1-5,7-8,10-11,18H,6,9,12-16H2,(H2,23,28). The Bertz CT molecular complexity index is 834. The number of likely N-dealkylation sites (tertiary alicyclic amines) is 1. The maximum Gasteiger partial charge on any atom is 0.227 e. The Labute approximate surface area is 165 Å². The van der Waals surface area contributed by atoms with E-state index in [9.17, 15) is 9.59 Å². The summed E-state index contributed by atoms with van der Waals surface area (Å²) in [6.45, 7) is 2.42. The molecule has 2 amide bonds. The van der Waals surface area contributed by atoms with Crippen LogP contribution < -0.4 is 10.6 Å². The molecule has 0 bridgehead atoms. The van der Waals surface area contributed by atoms with E-state index < -0.39 is 5.41 Å². The Morgan fingerprint density at radius 2 is 1.86 bits per heavy atom. The van der Waals surface area contributed by atoms with E-state index in [1.54, 1.807) is 11.1 Å². The number of carbonyl (C=O) groups excluding carboxylic acids is 2. The number of hydrogen-bond donors (Lipinski definition) is 1. The summed E-state index contributed by atoms with van der Waals surface area (Å²) in [4.78, 5) is 33.6. The molecule has 0 spiro atoms. The topological polar surface area (TPSA) is 79.5 Å². The van der Waals surface area contributed by atoms with Gasteiger partial charge in [-0.25, -0.2) is 4.98 Å². The van der Waals surface area contributed by atoms with E-state index in [2.05, 4.69) is 9.88 Å². The van der Waals surface area contributed by atoms with E-state index in [0.29, 0.717) is 26.1 Å². The third-order valence-electron chi connectivity index (χ3n) is 5.95. The fraction of sp³-hybridized carbons (Fsp3) is 0.409. The molecule has 1 aromatic carbocycles. The summed E-state index contributed by atoms with van der Waals surface area (Å²) in [6.07, 6.45) is 4.20. The van der Waals surface area contributed by atoms with E-state index in [1.807, 2.05) is 48.5 Å². The number of piperidine rings is 1. The number of nitrogens with zero attached hydrogens (tertiary/aromatic N) is 3. The molecule has 0 aliphatic carbocycles. The van der Waals surface area contributed by atoms with E-state index in [1.165, 1.54) is 0 Å². The Morgan fingerprint density at radius 1 is 1.11 bits per heavy atom. The van der Waals surface area contributed by atoms with Crippen molar-refractivity contribution in [1.82, 2.24) is 9.88 Å². The molecule has 2 aliphatic rings. The Hall–Kier alpha value is -2.89. The van der Waals surface area contributed by atoms with Gasteiger partial charge in [0.2, 0.25) is 11.8 Å². The average Bonchev–Trinajstić information content (AvgIpc) is 2.71. The van der Waals surface area contributed by atoms with Crippen LogP contribution in [0.4, 0.5) is 5.82 Å². The zero-order valence-electron chi connectivity index (χ0n) is 16.0. The van der Waals surface area contributed by atoms with Crippen molar-refractivity contribution in [3.05, 3.63) is 60.3 Å². The SMILES string of the molecule is NC(=O)C1(Cc2ccccc2)CN(C(=O)C2CCCN(c3ccccn3)C2)C1. The van der Waals surface area contributed by atoms with Gasteiger partial charge in [0, 0.05) is 32.4 Å². The van der Waals surface area contributed by atoms with E-state index in [-0.39, 0.29) is 17.7 Å². The number of benzene rings is 1. The molecule has 2 N–H and O–H groups in total. The lowest BCUT2D eigenvalue weighted by atomic mass is 9.73. The normalized spacial score (nSPS) is 21.1. The monoisotopic (exact) mass is 378 g/mol. The second kappa shape index (κ2) is 7.62. The number of rotatable bonds is 5. The number of carbonyl (C=O) groups is 2. The molecule has 2 aliphatic heterocycles. The van der Waals surface area contributed by atoms with Gasteiger partial charge in [0.25, 0.3) is 0 Å². The maximum atomic E-state index is 13.0. The van der Waals surface area contributed by atoms with Crippen LogP contribution in [0, 0.1) is 11.3 Å². The van der Waals surface area contributed by atoms with Crippen molar-refractivity contribution < 1.29 is 9.59 Å².